The van der Waals surface area contributed by atoms with Gasteiger partial charge in [-0.25, -0.2) is 9.78 Å². The van der Waals surface area contributed by atoms with E-state index in [0.29, 0.717) is 11.7 Å². The Labute approximate surface area is 121 Å². The van der Waals surface area contributed by atoms with Gasteiger partial charge < -0.3 is 15.0 Å². The minimum atomic E-state index is -0.963. The number of aromatic amines is 1. The molecule has 0 radical (unpaired) electrons. The second-order valence-corrected chi connectivity index (χ2v) is 5.17. The van der Waals surface area contributed by atoms with Crippen LogP contribution in [-0.4, -0.2) is 28.1 Å². The van der Waals surface area contributed by atoms with Crippen molar-refractivity contribution in [2.24, 2.45) is 0 Å². The quantitative estimate of drug-likeness (QED) is 0.898. The van der Waals surface area contributed by atoms with Crippen LogP contribution in [0.5, 0.6) is 0 Å². The third kappa shape index (κ3) is 2.79. The summed E-state index contributed by atoms with van der Waals surface area (Å²) >= 11 is 0. The van der Waals surface area contributed by atoms with Gasteiger partial charge in [0.05, 0.1) is 5.56 Å². The summed E-state index contributed by atoms with van der Waals surface area (Å²) in [5.74, 6) is 0.685. The Kier molecular flexibility index (Phi) is 3.21. The van der Waals surface area contributed by atoms with Gasteiger partial charge in [0.15, 0.2) is 0 Å². The van der Waals surface area contributed by atoms with E-state index in [0.717, 1.165) is 24.4 Å². The molecule has 0 aliphatic heterocycles. The smallest absolute Gasteiger partial charge is 0.335 e. The van der Waals surface area contributed by atoms with Gasteiger partial charge >= 0.3 is 5.97 Å². The molecule has 0 amide bonds. The molecule has 0 unspecified atom stereocenters. The first kappa shape index (κ1) is 13.4. The minimum Gasteiger partial charge on any atom is -0.478 e. The number of carboxylic acids is 1. The predicted octanol–water partition coefficient (Wildman–Crippen LogP) is 2.11. The Hall–Kier alpha value is -2.63. The second-order valence-electron chi connectivity index (χ2n) is 5.17. The molecule has 108 valence electrons. The maximum absolute atomic E-state index is 11.7. The van der Waals surface area contributed by atoms with Crippen LogP contribution in [-0.2, 0) is 0 Å². The maximum atomic E-state index is 11.7. The molecule has 2 aromatic rings. The van der Waals surface area contributed by atoms with Gasteiger partial charge in [0.2, 0.25) is 0 Å². The summed E-state index contributed by atoms with van der Waals surface area (Å²) in [5, 5.41) is 8.90. The van der Waals surface area contributed by atoms with E-state index in [2.05, 4.69) is 9.97 Å². The fraction of sp³-hybridized carbons (Fsp3) is 0.267. The lowest BCUT2D eigenvalue weighted by Crippen LogP contribution is -2.18. The van der Waals surface area contributed by atoms with Crippen molar-refractivity contribution in [2.75, 3.05) is 11.9 Å². The molecular formula is C15H15N3O3. The number of rotatable bonds is 4. The topological polar surface area (TPSA) is 86.3 Å². The molecule has 1 aromatic carbocycles. The van der Waals surface area contributed by atoms with E-state index in [9.17, 15) is 9.59 Å². The predicted molar refractivity (Wildman–Crippen MR) is 78.3 cm³/mol. The van der Waals surface area contributed by atoms with Crippen molar-refractivity contribution in [2.45, 2.75) is 18.8 Å². The van der Waals surface area contributed by atoms with Crippen molar-refractivity contribution >= 4 is 17.5 Å². The van der Waals surface area contributed by atoms with E-state index in [4.69, 9.17) is 5.11 Å². The highest BCUT2D eigenvalue weighted by Gasteiger charge is 2.26. The van der Waals surface area contributed by atoms with Gasteiger partial charge in [-0.05, 0) is 37.1 Å². The summed E-state index contributed by atoms with van der Waals surface area (Å²) < 4.78 is 0. The number of H-pyrrole nitrogens is 1. The number of aromatic carboxylic acids is 1. The minimum absolute atomic E-state index is 0.170. The van der Waals surface area contributed by atoms with E-state index in [1.54, 1.807) is 24.1 Å². The monoisotopic (exact) mass is 285 g/mol. The zero-order chi connectivity index (χ0) is 15.0. The van der Waals surface area contributed by atoms with E-state index in [1.165, 1.54) is 18.2 Å². The zero-order valence-corrected chi connectivity index (χ0v) is 11.5. The summed E-state index contributed by atoms with van der Waals surface area (Å²) in [4.78, 5) is 31.6. The Morgan fingerprint density at radius 3 is 2.57 bits per heavy atom. The molecule has 6 nitrogen and oxygen atoms in total. The van der Waals surface area contributed by atoms with Crippen LogP contribution in [0.3, 0.4) is 0 Å². The van der Waals surface area contributed by atoms with Gasteiger partial charge in [-0.3, -0.25) is 4.79 Å². The van der Waals surface area contributed by atoms with E-state index < -0.39 is 5.97 Å². The van der Waals surface area contributed by atoms with Crippen LogP contribution in [0.15, 0.2) is 35.1 Å². The number of aromatic nitrogens is 2. The average molecular weight is 285 g/mol. The standard InChI is InChI=1S/C15H15N3O3/c1-18(11-6-4-10(5-7-11)15(20)21)12-8-13(19)17-14(16-12)9-2-3-9/h4-9H,2-3H2,1H3,(H,20,21)(H,16,17,19). The second kappa shape index (κ2) is 5.05. The van der Waals surface area contributed by atoms with Gasteiger partial charge in [-0.2, -0.15) is 0 Å². The lowest BCUT2D eigenvalue weighted by atomic mass is 10.2. The fourth-order valence-electron chi connectivity index (χ4n) is 2.15. The summed E-state index contributed by atoms with van der Waals surface area (Å²) in [6, 6.07) is 7.90. The molecule has 1 aliphatic carbocycles. The SMILES string of the molecule is CN(c1ccc(C(=O)O)cc1)c1cc(=O)[nH]c(C2CC2)n1. The molecule has 6 heteroatoms. The third-order valence-electron chi connectivity index (χ3n) is 3.56. The van der Waals surface area contributed by atoms with Gasteiger partial charge in [0, 0.05) is 24.7 Å². The molecule has 2 N–H and O–H groups in total. The molecule has 0 spiro atoms. The Bertz CT molecular complexity index is 733. The molecule has 0 saturated heterocycles. The van der Waals surface area contributed by atoms with E-state index in [1.807, 2.05) is 0 Å². The lowest BCUT2D eigenvalue weighted by Gasteiger charge is -2.18. The summed E-state index contributed by atoms with van der Waals surface area (Å²) in [5.41, 5.74) is 0.834. The molecule has 0 atom stereocenters. The van der Waals surface area contributed by atoms with Gasteiger partial charge in [0.25, 0.3) is 5.56 Å². The summed E-state index contributed by atoms with van der Waals surface area (Å²) in [7, 11) is 1.80. The molecule has 1 aliphatic rings. The molecule has 1 fully saturated rings. The number of nitrogens with one attached hydrogen (secondary N) is 1. The van der Waals surface area contributed by atoms with Crippen LogP contribution < -0.4 is 10.5 Å². The first-order valence-electron chi connectivity index (χ1n) is 6.73. The van der Waals surface area contributed by atoms with Crippen LogP contribution in [0.4, 0.5) is 11.5 Å². The van der Waals surface area contributed by atoms with Crippen molar-refractivity contribution in [3.8, 4) is 0 Å². The molecule has 3 rings (SSSR count). The Balaban J connectivity index is 1.92. The highest BCUT2D eigenvalue weighted by atomic mass is 16.4. The number of benzene rings is 1. The highest BCUT2D eigenvalue weighted by Crippen LogP contribution is 2.38. The highest BCUT2D eigenvalue weighted by molar-refractivity contribution is 5.88. The van der Waals surface area contributed by atoms with Crippen molar-refractivity contribution in [3.05, 3.63) is 52.1 Å². The summed E-state index contributed by atoms with van der Waals surface area (Å²) in [6.45, 7) is 0. The number of nitrogens with zero attached hydrogens (tertiary/aromatic N) is 2. The zero-order valence-electron chi connectivity index (χ0n) is 11.5. The van der Waals surface area contributed by atoms with Crippen molar-refractivity contribution in [3.63, 3.8) is 0 Å². The van der Waals surface area contributed by atoms with Crippen molar-refractivity contribution in [1.29, 1.82) is 0 Å². The van der Waals surface area contributed by atoms with Crippen LogP contribution in [0.25, 0.3) is 0 Å². The number of carboxylic acid groups (broad SMARTS) is 1. The van der Waals surface area contributed by atoms with Gasteiger partial charge in [-0.1, -0.05) is 0 Å². The van der Waals surface area contributed by atoms with E-state index >= 15 is 0 Å². The number of carbonyl (C=O) groups is 1. The maximum Gasteiger partial charge on any atom is 0.335 e. The van der Waals surface area contributed by atoms with Crippen LogP contribution in [0.2, 0.25) is 0 Å². The molecule has 21 heavy (non-hydrogen) atoms. The molecular weight excluding hydrogens is 270 g/mol. The van der Waals surface area contributed by atoms with Crippen LogP contribution >= 0.6 is 0 Å². The number of hydrogen-bond acceptors (Lipinski definition) is 4. The largest absolute Gasteiger partial charge is 0.478 e. The number of anilines is 2. The first-order chi connectivity index (χ1) is 10.0. The lowest BCUT2D eigenvalue weighted by molar-refractivity contribution is 0.0697. The first-order valence-corrected chi connectivity index (χ1v) is 6.73. The molecule has 1 heterocycles. The Morgan fingerprint density at radius 2 is 2.00 bits per heavy atom. The van der Waals surface area contributed by atoms with Gasteiger partial charge in [0.1, 0.15) is 11.6 Å². The molecule has 1 aromatic heterocycles. The Morgan fingerprint density at radius 1 is 1.33 bits per heavy atom. The van der Waals surface area contributed by atoms with Gasteiger partial charge in [-0.15, -0.1) is 0 Å². The summed E-state index contributed by atoms with van der Waals surface area (Å²) in [6.07, 6.45) is 2.12. The van der Waals surface area contributed by atoms with E-state index in [-0.39, 0.29) is 11.1 Å². The van der Waals surface area contributed by atoms with Crippen LogP contribution in [0, 0.1) is 0 Å². The molecule has 0 bridgehead atoms. The normalized spacial score (nSPS) is 14.0. The number of hydrogen-bond donors (Lipinski definition) is 2. The third-order valence-corrected chi connectivity index (χ3v) is 3.56. The average Bonchev–Trinajstić information content (AvgIpc) is 3.30. The molecule has 1 saturated carbocycles. The van der Waals surface area contributed by atoms with Crippen molar-refractivity contribution in [1.82, 2.24) is 9.97 Å². The fourth-order valence-corrected chi connectivity index (χ4v) is 2.15. The van der Waals surface area contributed by atoms with Crippen molar-refractivity contribution < 1.29 is 9.90 Å². The van der Waals surface area contributed by atoms with Crippen LogP contribution in [0.1, 0.15) is 34.9 Å².